The molecule has 0 aliphatic rings. The van der Waals surface area contributed by atoms with Crippen molar-refractivity contribution in [3.05, 3.63) is 0 Å². The summed E-state index contributed by atoms with van der Waals surface area (Å²) in [5.74, 6) is -1.20. The molecular formula is C9H13N3O4. The zero-order chi connectivity index (χ0) is 12.4. The van der Waals surface area contributed by atoms with Gasteiger partial charge in [-0.3, -0.25) is 0 Å². The van der Waals surface area contributed by atoms with E-state index in [0.717, 1.165) is 0 Å². The molecule has 0 fully saturated rings. The highest BCUT2D eigenvalue weighted by Gasteiger charge is 2.20. The van der Waals surface area contributed by atoms with E-state index in [1.165, 1.54) is 12.2 Å². The number of likely N-dealkylation sites (N-methyl/N-ethyl adjacent to an activating group) is 1. The fraction of sp³-hybridized carbons (Fsp3) is 0.667. The van der Waals surface area contributed by atoms with E-state index in [0.29, 0.717) is 13.1 Å². The maximum atomic E-state index is 10.5. The minimum atomic E-state index is -1.20. The van der Waals surface area contributed by atoms with Crippen LogP contribution in [-0.2, 0) is 14.4 Å². The maximum Gasteiger partial charge on any atom is 0.235 e. The molecule has 0 atom stereocenters. The standard InChI is InChI=1S/C9H13N3O4/c1-12(6-9(15)16,4-2-10-7-13)5-3-11-8-14/h2-6H2,1H3. The lowest BCUT2D eigenvalue weighted by Gasteiger charge is -2.33. The second kappa shape index (κ2) is 7.48. The summed E-state index contributed by atoms with van der Waals surface area (Å²) in [7, 11) is 1.66. The van der Waals surface area contributed by atoms with Gasteiger partial charge in [-0.25, -0.2) is 9.59 Å². The van der Waals surface area contributed by atoms with Gasteiger partial charge in [-0.1, -0.05) is 0 Å². The number of carbonyl (C=O) groups is 1. The molecule has 0 saturated heterocycles. The summed E-state index contributed by atoms with van der Waals surface area (Å²) in [5, 5.41) is 10.5. The van der Waals surface area contributed by atoms with Crippen molar-refractivity contribution >= 4 is 18.1 Å². The van der Waals surface area contributed by atoms with Crippen LogP contribution in [0, 0.1) is 0 Å². The van der Waals surface area contributed by atoms with Gasteiger partial charge in [-0.15, -0.1) is 0 Å². The van der Waals surface area contributed by atoms with E-state index in [-0.39, 0.29) is 24.1 Å². The molecule has 7 heteroatoms. The van der Waals surface area contributed by atoms with E-state index < -0.39 is 5.97 Å². The Morgan fingerprint density at radius 1 is 1.19 bits per heavy atom. The highest BCUT2D eigenvalue weighted by atomic mass is 16.4. The molecule has 0 radical (unpaired) electrons. The van der Waals surface area contributed by atoms with Crippen LogP contribution in [0.2, 0.25) is 0 Å². The predicted molar refractivity (Wildman–Crippen MR) is 51.8 cm³/mol. The number of quaternary nitrogens is 1. The molecule has 88 valence electrons. The van der Waals surface area contributed by atoms with Gasteiger partial charge in [0.1, 0.15) is 19.6 Å². The number of aliphatic imine (C=N–C) groups is 2. The van der Waals surface area contributed by atoms with Gasteiger partial charge in [0.15, 0.2) is 0 Å². The topological polar surface area (TPSA) is 99.0 Å². The Balaban J connectivity index is 4.38. The molecule has 0 bridgehead atoms. The van der Waals surface area contributed by atoms with Gasteiger partial charge >= 0.3 is 0 Å². The Morgan fingerprint density at radius 2 is 1.62 bits per heavy atom. The van der Waals surface area contributed by atoms with Crippen molar-refractivity contribution in [3.8, 4) is 0 Å². The van der Waals surface area contributed by atoms with Crippen molar-refractivity contribution < 1.29 is 24.0 Å². The Kier molecular flexibility index (Phi) is 6.63. The van der Waals surface area contributed by atoms with Gasteiger partial charge in [0.05, 0.1) is 26.1 Å². The molecule has 0 aliphatic heterocycles. The maximum absolute atomic E-state index is 10.5. The molecule has 0 aromatic rings. The molecule has 0 heterocycles. The first-order chi connectivity index (χ1) is 7.54. The molecule has 0 aromatic carbocycles. The zero-order valence-corrected chi connectivity index (χ0v) is 9.01. The summed E-state index contributed by atoms with van der Waals surface area (Å²) in [5.41, 5.74) is 0. The lowest BCUT2D eigenvalue weighted by atomic mass is 10.3. The Bertz CT molecular complexity index is 308. The van der Waals surface area contributed by atoms with E-state index in [1.54, 1.807) is 7.05 Å². The number of aliphatic carboxylic acids is 1. The number of nitrogens with zero attached hydrogens (tertiary/aromatic N) is 3. The van der Waals surface area contributed by atoms with Crippen molar-refractivity contribution in [2.75, 3.05) is 39.8 Å². The second-order valence-corrected chi connectivity index (χ2v) is 3.54. The van der Waals surface area contributed by atoms with Crippen molar-refractivity contribution in [2.45, 2.75) is 0 Å². The van der Waals surface area contributed by atoms with Crippen LogP contribution >= 0.6 is 0 Å². The van der Waals surface area contributed by atoms with Crippen LogP contribution in [0.1, 0.15) is 0 Å². The average Bonchev–Trinajstić information content (AvgIpc) is 2.17. The zero-order valence-electron chi connectivity index (χ0n) is 9.01. The quantitative estimate of drug-likeness (QED) is 0.268. The third kappa shape index (κ3) is 6.62. The van der Waals surface area contributed by atoms with Crippen LogP contribution in [0.5, 0.6) is 0 Å². The molecule has 0 unspecified atom stereocenters. The first-order valence-corrected chi connectivity index (χ1v) is 4.65. The van der Waals surface area contributed by atoms with E-state index in [1.807, 2.05) is 0 Å². The molecule has 0 N–H and O–H groups in total. The SMILES string of the molecule is C[N+](CCN=C=O)(CCN=C=O)CC(=O)[O-]. The Labute approximate surface area is 92.7 Å². The summed E-state index contributed by atoms with van der Waals surface area (Å²) >= 11 is 0. The number of carbonyl (C=O) groups excluding carboxylic acids is 3. The molecule has 16 heavy (non-hydrogen) atoms. The second-order valence-electron chi connectivity index (χ2n) is 3.54. The highest BCUT2D eigenvalue weighted by molar-refractivity contribution is 5.65. The molecule has 0 spiro atoms. The van der Waals surface area contributed by atoms with E-state index >= 15 is 0 Å². The molecule has 0 amide bonds. The summed E-state index contributed by atoms with van der Waals surface area (Å²) in [6.07, 6.45) is 2.75. The smallest absolute Gasteiger partial charge is 0.235 e. The van der Waals surface area contributed by atoms with Gasteiger partial charge in [-0.2, -0.15) is 9.98 Å². The van der Waals surface area contributed by atoms with Crippen LogP contribution in [0.3, 0.4) is 0 Å². The molecular weight excluding hydrogens is 214 g/mol. The fourth-order valence-electron chi connectivity index (χ4n) is 1.26. The normalized spacial score (nSPS) is 13.1. The number of carboxylic acid groups (broad SMARTS) is 1. The molecule has 0 saturated carbocycles. The van der Waals surface area contributed by atoms with Crippen LogP contribution in [-0.4, -0.2) is 62.4 Å². The van der Waals surface area contributed by atoms with Gasteiger partial charge in [-0.05, 0) is 0 Å². The fourth-order valence-corrected chi connectivity index (χ4v) is 1.26. The Morgan fingerprint density at radius 3 is 1.94 bits per heavy atom. The first kappa shape index (κ1) is 14.2. The Hall–Kier alpha value is -1.81. The minimum absolute atomic E-state index is 0.0959. The summed E-state index contributed by atoms with van der Waals surface area (Å²) < 4.78 is 0.0959. The van der Waals surface area contributed by atoms with Crippen molar-refractivity contribution in [3.63, 3.8) is 0 Å². The van der Waals surface area contributed by atoms with Gasteiger partial charge < -0.3 is 14.4 Å². The lowest BCUT2D eigenvalue weighted by Crippen LogP contribution is -2.53. The summed E-state index contributed by atoms with van der Waals surface area (Å²) in [6, 6.07) is 0. The molecule has 0 aliphatic carbocycles. The number of rotatable bonds is 8. The average molecular weight is 227 g/mol. The summed E-state index contributed by atoms with van der Waals surface area (Å²) in [6.45, 7) is 0.827. The molecule has 7 nitrogen and oxygen atoms in total. The van der Waals surface area contributed by atoms with Crippen molar-refractivity contribution in [1.82, 2.24) is 0 Å². The van der Waals surface area contributed by atoms with E-state index in [2.05, 4.69) is 9.98 Å². The summed E-state index contributed by atoms with van der Waals surface area (Å²) in [4.78, 5) is 37.0. The first-order valence-electron chi connectivity index (χ1n) is 4.65. The van der Waals surface area contributed by atoms with Gasteiger partial charge in [0.2, 0.25) is 12.2 Å². The largest absolute Gasteiger partial charge is 0.544 e. The van der Waals surface area contributed by atoms with Crippen LogP contribution < -0.4 is 5.11 Å². The van der Waals surface area contributed by atoms with Crippen molar-refractivity contribution in [1.29, 1.82) is 0 Å². The molecule has 0 rings (SSSR count). The van der Waals surface area contributed by atoms with E-state index in [9.17, 15) is 19.5 Å². The predicted octanol–water partition coefficient (Wildman–Crippen LogP) is -2.15. The monoisotopic (exact) mass is 227 g/mol. The van der Waals surface area contributed by atoms with E-state index in [4.69, 9.17) is 0 Å². The van der Waals surface area contributed by atoms with Gasteiger partial charge in [0.25, 0.3) is 0 Å². The minimum Gasteiger partial charge on any atom is -0.544 e. The lowest BCUT2D eigenvalue weighted by molar-refractivity contribution is -0.901. The third-order valence-electron chi connectivity index (χ3n) is 2.14. The van der Waals surface area contributed by atoms with Gasteiger partial charge in [0, 0.05) is 0 Å². The third-order valence-corrected chi connectivity index (χ3v) is 2.14. The van der Waals surface area contributed by atoms with Crippen LogP contribution in [0.4, 0.5) is 0 Å². The highest BCUT2D eigenvalue weighted by Crippen LogP contribution is 2.01. The van der Waals surface area contributed by atoms with Crippen molar-refractivity contribution in [2.24, 2.45) is 9.98 Å². The molecule has 0 aromatic heterocycles. The number of carboxylic acids is 1. The number of hydrogen-bond acceptors (Lipinski definition) is 6. The number of hydrogen-bond donors (Lipinski definition) is 0. The van der Waals surface area contributed by atoms with Crippen LogP contribution in [0.15, 0.2) is 9.98 Å². The number of isocyanates is 2. The van der Waals surface area contributed by atoms with Crippen LogP contribution in [0.25, 0.3) is 0 Å².